The maximum Gasteiger partial charge on any atom is 0.0614 e. The second-order valence-electron chi connectivity index (χ2n) is 4.11. The number of aliphatic hydroxyl groups excluding tert-OH is 1. The van der Waals surface area contributed by atoms with E-state index in [0.29, 0.717) is 0 Å². The molecule has 0 aromatic heterocycles. The minimum atomic E-state index is -0.402. The van der Waals surface area contributed by atoms with Gasteiger partial charge in [-0.05, 0) is 42.5 Å². The van der Waals surface area contributed by atoms with Crippen molar-refractivity contribution in [1.29, 1.82) is 0 Å². The van der Waals surface area contributed by atoms with Gasteiger partial charge in [0.2, 0.25) is 0 Å². The smallest absolute Gasteiger partial charge is 0.0614 e. The van der Waals surface area contributed by atoms with Crippen LogP contribution in [0.5, 0.6) is 0 Å². The normalized spacial score (nSPS) is 25.9. The molecule has 3 heteroatoms. The van der Waals surface area contributed by atoms with E-state index in [1.54, 1.807) is 0 Å². The van der Waals surface area contributed by atoms with Crippen LogP contribution in [0.25, 0.3) is 0 Å². The van der Waals surface area contributed by atoms with Crippen LogP contribution >= 0.6 is 15.9 Å². The average Bonchev–Trinajstić information content (AvgIpc) is 2.19. The Hall–Kier alpha value is -0.380. The zero-order valence-corrected chi connectivity index (χ0v) is 9.55. The number of fused-ring (bicyclic) bond motifs is 1. The average molecular weight is 256 g/mol. The molecule has 1 aromatic carbocycles. The number of aliphatic hydroxyl groups is 1. The van der Waals surface area contributed by atoms with E-state index in [9.17, 15) is 5.11 Å². The van der Waals surface area contributed by atoms with Gasteiger partial charge in [-0.25, -0.2) is 0 Å². The maximum absolute atomic E-state index is 9.20. The third-order valence-corrected chi connectivity index (χ3v) is 3.41. The number of nitrogens with two attached hydrogens (primary N) is 1. The van der Waals surface area contributed by atoms with Crippen LogP contribution in [-0.4, -0.2) is 17.3 Å². The molecule has 0 radical (unpaired) electrons. The summed E-state index contributed by atoms with van der Waals surface area (Å²) in [7, 11) is 0. The van der Waals surface area contributed by atoms with E-state index < -0.39 is 5.54 Å². The predicted molar refractivity (Wildman–Crippen MR) is 60.2 cm³/mol. The molecule has 3 N–H and O–H groups in total. The van der Waals surface area contributed by atoms with E-state index in [1.165, 1.54) is 11.1 Å². The van der Waals surface area contributed by atoms with Crippen LogP contribution in [-0.2, 0) is 12.8 Å². The standard InChI is InChI=1S/C11H14BrNO/c12-10-2-1-9-6-11(13,7-14)4-3-8(9)5-10/h1-2,5,14H,3-4,6-7,13H2/t11-/m1/s1. The summed E-state index contributed by atoms with van der Waals surface area (Å²) in [5, 5.41) is 9.20. The molecule has 1 atom stereocenters. The van der Waals surface area contributed by atoms with Gasteiger partial charge in [-0.3, -0.25) is 0 Å². The van der Waals surface area contributed by atoms with Gasteiger partial charge in [0.1, 0.15) is 0 Å². The van der Waals surface area contributed by atoms with Crippen molar-refractivity contribution < 1.29 is 5.11 Å². The first-order chi connectivity index (χ1) is 6.63. The first-order valence-electron chi connectivity index (χ1n) is 4.80. The molecule has 0 bridgehead atoms. The summed E-state index contributed by atoms with van der Waals surface area (Å²) in [6.45, 7) is 0.0719. The predicted octanol–water partition coefficient (Wildman–Crippen LogP) is 1.63. The molecule has 2 nitrogen and oxygen atoms in total. The number of aryl methyl sites for hydroxylation is 1. The SMILES string of the molecule is N[C@]1(CO)CCc2cc(Br)ccc2C1. The van der Waals surface area contributed by atoms with Crippen molar-refractivity contribution in [2.24, 2.45) is 5.73 Å². The summed E-state index contributed by atoms with van der Waals surface area (Å²) in [4.78, 5) is 0. The lowest BCUT2D eigenvalue weighted by Gasteiger charge is -2.33. The van der Waals surface area contributed by atoms with Gasteiger partial charge in [0.25, 0.3) is 0 Å². The number of hydrogen-bond acceptors (Lipinski definition) is 2. The number of hydrogen-bond donors (Lipinski definition) is 2. The molecule has 2 rings (SSSR count). The first-order valence-corrected chi connectivity index (χ1v) is 5.59. The Morgan fingerprint density at radius 3 is 2.93 bits per heavy atom. The van der Waals surface area contributed by atoms with Gasteiger partial charge in [0.05, 0.1) is 6.61 Å². The largest absolute Gasteiger partial charge is 0.394 e. The molecular weight excluding hydrogens is 242 g/mol. The van der Waals surface area contributed by atoms with Crippen molar-refractivity contribution in [3.8, 4) is 0 Å². The molecule has 0 saturated heterocycles. The van der Waals surface area contributed by atoms with E-state index in [1.807, 2.05) is 6.07 Å². The van der Waals surface area contributed by atoms with Crippen LogP contribution in [0.15, 0.2) is 22.7 Å². The summed E-state index contributed by atoms with van der Waals surface area (Å²) in [6.07, 6.45) is 2.62. The topological polar surface area (TPSA) is 46.2 Å². The lowest BCUT2D eigenvalue weighted by molar-refractivity contribution is 0.181. The minimum absolute atomic E-state index is 0.0719. The van der Waals surface area contributed by atoms with Crippen LogP contribution in [0.4, 0.5) is 0 Å². The quantitative estimate of drug-likeness (QED) is 0.802. The lowest BCUT2D eigenvalue weighted by atomic mass is 9.79. The van der Waals surface area contributed by atoms with E-state index in [-0.39, 0.29) is 6.61 Å². The Balaban J connectivity index is 2.31. The molecule has 76 valence electrons. The molecule has 0 saturated carbocycles. The van der Waals surface area contributed by atoms with Crippen molar-refractivity contribution >= 4 is 15.9 Å². The fourth-order valence-electron chi connectivity index (χ4n) is 1.99. The zero-order chi connectivity index (χ0) is 10.2. The lowest BCUT2D eigenvalue weighted by Crippen LogP contribution is -2.48. The van der Waals surface area contributed by atoms with Crippen LogP contribution < -0.4 is 5.73 Å². The molecule has 1 aliphatic carbocycles. The van der Waals surface area contributed by atoms with E-state index >= 15 is 0 Å². The molecule has 0 heterocycles. The highest BCUT2D eigenvalue weighted by molar-refractivity contribution is 9.10. The maximum atomic E-state index is 9.20. The summed E-state index contributed by atoms with van der Waals surface area (Å²) >= 11 is 3.46. The molecule has 0 amide bonds. The van der Waals surface area contributed by atoms with Gasteiger partial charge in [-0.15, -0.1) is 0 Å². The Morgan fingerprint density at radius 2 is 2.21 bits per heavy atom. The first kappa shape index (κ1) is 10.1. The Morgan fingerprint density at radius 1 is 1.43 bits per heavy atom. The summed E-state index contributed by atoms with van der Waals surface area (Å²) in [5.74, 6) is 0. The van der Waals surface area contributed by atoms with Gasteiger partial charge in [-0.2, -0.15) is 0 Å². The fourth-order valence-corrected chi connectivity index (χ4v) is 2.39. The van der Waals surface area contributed by atoms with Crippen molar-refractivity contribution in [3.05, 3.63) is 33.8 Å². The van der Waals surface area contributed by atoms with Crippen molar-refractivity contribution in [1.82, 2.24) is 0 Å². The van der Waals surface area contributed by atoms with Gasteiger partial charge >= 0.3 is 0 Å². The van der Waals surface area contributed by atoms with Crippen molar-refractivity contribution in [2.45, 2.75) is 24.8 Å². The molecule has 1 aliphatic rings. The molecule has 0 fully saturated rings. The van der Waals surface area contributed by atoms with Crippen molar-refractivity contribution in [3.63, 3.8) is 0 Å². The van der Waals surface area contributed by atoms with Crippen LogP contribution in [0, 0.1) is 0 Å². The second-order valence-corrected chi connectivity index (χ2v) is 5.03. The Kier molecular flexibility index (Phi) is 2.64. The third kappa shape index (κ3) is 1.85. The molecule has 1 aromatic rings. The zero-order valence-electron chi connectivity index (χ0n) is 7.96. The van der Waals surface area contributed by atoms with Crippen LogP contribution in [0.1, 0.15) is 17.5 Å². The Labute approximate surface area is 92.3 Å². The number of rotatable bonds is 1. The number of benzene rings is 1. The fraction of sp³-hybridized carbons (Fsp3) is 0.455. The number of halogens is 1. The van der Waals surface area contributed by atoms with Gasteiger partial charge in [0, 0.05) is 10.0 Å². The summed E-state index contributed by atoms with van der Waals surface area (Å²) in [6, 6.07) is 6.27. The monoisotopic (exact) mass is 255 g/mol. The second kappa shape index (κ2) is 3.65. The molecule has 14 heavy (non-hydrogen) atoms. The highest BCUT2D eigenvalue weighted by Gasteiger charge is 2.29. The highest BCUT2D eigenvalue weighted by Crippen LogP contribution is 2.28. The summed E-state index contributed by atoms with van der Waals surface area (Å²) in [5.41, 5.74) is 8.28. The highest BCUT2D eigenvalue weighted by atomic mass is 79.9. The van der Waals surface area contributed by atoms with E-state index in [4.69, 9.17) is 5.73 Å². The van der Waals surface area contributed by atoms with Gasteiger partial charge in [-0.1, -0.05) is 22.0 Å². The molecule has 0 aliphatic heterocycles. The van der Waals surface area contributed by atoms with Crippen molar-refractivity contribution in [2.75, 3.05) is 6.61 Å². The van der Waals surface area contributed by atoms with Gasteiger partial charge in [0.15, 0.2) is 0 Å². The van der Waals surface area contributed by atoms with E-state index in [2.05, 4.69) is 28.1 Å². The summed E-state index contributed by atoms with van der Waals surface area (Å²) < 4.78 is 1.12. The molecular formula is C11H14BrNO. The van der Waals surface area contributed by atoms with Crippen LogP contribution in [0.2, 0.25) is 0 Å². The molecule has 0 unspecified atom stereocenters. The van der Waals surface area contributed by atoms with Crippen LogP contribution in [0.3, 0.4) is 0 Å². The Bertz CT molecular complexity index is 353. The van der Waals surface area contributed by atoms with Gasteiger partial charge < -0.3 is 10.8 Å². The minimum Gasteiger partial charge on any atom is -0.394 e. The third-order valence-electron chi connectivity index (χ3n) is 2.92. The van der Waals surface area contributed by atoms with E-state index in [0.717, 1.165) is 23.7 Å². The molecule has 0 spiro atoms.